The summed E-state index contributed by atoms with van der Waals surface area (Å²) in [6.45, 7) is 0. The highest BCUT2D eigenvalue weighted by Crippen LogP contribution is 2.26. The standard InChI is InChI=1S/C16H8ClF3N2OS/c17-11-6-13(20)12(19)5-10(11)15(23)22-16-21-14(7-24-16)8-1-3-9(18)4-2-8/h1-7H,(H,21,22,23). The van der Waals surface area contributed by atoms with Crippen molar-refractivity contribution >= 4 is 34.0 Å². The number of nitrogens with one attached hydrogen (secondary N) is 1. The molecule has 0 aliphatic carbocycles. The van der Waals surface area contributed by atoms with E-state index in [2.05, 4.69) is 10.3 Å². The number of nitrogens with zero attached hydrogens (tertiary/aromatic N) is 1. The van der Waals surface area contributed by atoms with Crippen LogP contribution < -0.4 is 5.32 Å². The minimum absolute atomic E-state index is 0.200. The molecule has 3 rings (SSSR count). The highest BCUT2D eigenvalue weighted by molar-refractivity contribution is 7.14. The Bertz CT molecular complexity index is 912. The molecule has 0 fully saturated rings. The Labute approximate surface area is 143 Å². The molecule has 1 amide bonds. The summed E-state index contributed by atoms with van der Waals surface area (Å²) in [7, 11) is 0. The fraction of sp³-hybridized carbons (Fsp3) is 0. The van der Waals surface area contributed by atoms with Gasteiger partial charge in [0.25, 0.3) is 5.91 Å². The molecular formula is C16H8ClF3N2OS. The van der Waals surface area contributed by atoms with Crippen LogP contribution in [0.3, 0.4) is 0 Å². The van der Waals surface area contributed by atoms with Crippen LogP contribution in [-0.2, 0) is 0 Å². The molecule has 3 nitrogen and oxygen atoms in total. The van der Waals surface area contributed by atoms with Gasteiger partial charge in [0.05, 0.1) is 16.3 Å². The number of halogens is 4. The van der Waals surface area contributed by atoms with Crippen LogP contribution in [0.5, 0.6) is 0 Å². The summed E-state index contributed by atoms with van der Waals surface area (Å²) in [5.41, 5.74) is 1.03. The SMILES string of the molecule is O=C(Nc1nc(-c2ccc(F)cc2)cs1)c1cc(F)c(F)cc1Cl. The van der Waals surface area contributed by atoms with E-state index in [9.17, 15) is 18.0 Å². The molecule has 1 heterocycles. The number of hydrogen-bond donors (Lipinski definition) is 1. The van der Waals surface area contributed by atoms with Gasteiger partial charge >= 0.3 is 0 Å². The number of hydrogen-bond acceptors (Lipinski definition) is 3. The molecule has 1 aromatic heterocycles. The van der Waals surface area contributed by atoms with Crippen molar-refractivity contribution in [3.63, 3.8) is 0 Å². The largest absolute Gasteiger partial charge is 0.298 e. The van der Waals surface area contributed by atoms with Crippen molar-refractivity contribution in [3.8, 4) is 11.3 Å². The van der Waals surface area contributed by atoms with Gasteiger partial charge in [-0.05, 0) is 36.4 Å². The van der Waals surface area contributed by atoms with Crippen LogP contribution in [0.15, 0.2) is 41.8 Å². The summed E-state index contributed by atoms with van der Waals surface area (Å²) in [6.07, 6.45) is 0. The number of rotatable bonds is 3. The molecular weight excluding hydrogens is 361 g/mol. The summed E-state index contributed by atoms with van der Waals surface area (Å²) in [5, 5.41) is 4.19. The Morgan fingerprint density at radius 1 is 1.08 bits per heavy atom. The Kier molecular flexibility index (Phi) is 4.55. The summed E-state index contributed by atoms with van der Waals surface area (Å²) < 4.78 is 39.2. The highest BCUT2D eigenvalue weighted by atomic mass is 35.5. The van der Waals surface area contributed by atoms with Gasteiger partial charge < -0.3 is 0 Å². The first-order chi connectivity index (χ1) is 11.4. The number of thiazole rings is 1. The average Bonchev–Trinajstić information content (AvgIpc) is 3.00. The van der Waals surface area contributed by atoms with Gasteiger partial charge in [-0.3, -0.25) is 10.1 Å². The molecule has 0 saturated heterocycles. The zero-order chi connectivity index (χ0) is 17.3. The number of amides is 1. The molecule has 8 heteroatoms. The quantitative estimate of drug-likeness (QED) is 0.651. The lowest BCUT2D eigenvalue weighted by Gasteiger charge is -2.05. The lowest BCUT2D eigenvalue weighted by Crippen LogP contribution is -2.13. The van der Waals surface area contributed by atoms with E-state index in [1.165, 1.54) is 12.1 Å². The fourth-order valence-electron chi connectivity index (χ4n) is 1.95. The first kappa shape index (κ1) is 16.5. The number of benzene rings is 2. The third-order valence-electron chi connectivity index (χ3n) is 3.12. The van der Waals surface area contributed by atoms with Gasteiger partial charge in [0, 0.05) is 10.9 Å². The van der Waals surface area contributed by atoms with Crippen LogP contribution in [0.25, 0.3) is 11.3 Å². The lowest BCUT2D eigenvalue weighted by atomic mass is 10.2. The number of carbonyl (C=O) groups is 1. The smallest absolute Gasteiger partial charge is 0.259 e. The van der Waals surface area contributed by atoms with E-state index < -0.39 is 17.5 Å². The molecule has 3 aromatic rings. The molecule has 122 valence electrons. The van der Waals surface area contributed by atoms with Gasteiger partial charge in [0.2, 0.25) is 0 Å². The van der Waals surface area contributed by atoms with Crippen LogP contribution in [0, 0.1) is 17.5 Å². The van der Waals surface area contributed by atoms with E-state index >= 15 is 0 Å². The normalized spacial score (nSPS) is 10.7. The van der Waals surface area contributed by atoms with E-state index in [1.54, 1.807) is 17.5 Å². The van der Waals surface area contributed by atoms with Crippen LogP contribution in [-0.4, -0.2) is 10.9 Å². The Hall–Kier alpha value is -2.38. The molecule has 0 atom stereocenters. The van der Waals surface area contributed by atoms with Crippen molar-refractivity contribution in [3.05, 3.63) is 69.8 Å². The Morgan fingerprint density at radius 2 is 1.75 bits per heavy atom. The second-order valence-corrected chi connectivity index (χ2v) is 6.01. The predicted octanol–water partition coefficient (Wildman–Crippen LogP) is 5.13. The number of aromatic nitrogens is 1. The van der Waals surface area contributed by atoms with Crippen molar-refractivity contribution < 1.29 is 18.0 Å². The average molecular weight is 369 g/mol. The molecule has 0 saturated carbocycles. The van der Waals surface area contributed by atoms with Crippen molar-refractivity contribution in [1.82, 2.24) is 4.98 Å². The van der Waals surface area contributed by atoms with Crippen LogP contribution in [0.2, 0.25) is 5.02 Å². The van der Waals surface area contributed by atoms with Crippen molar-refractivity contribution in [1.29, 1.82) is 0 Å². The minimum atomic E-state index is -1.17. The van der Waals surface area contributed by atoms with E-state index in [4.69, 9.17) is 11.6 Å². The zero-order valence-corrected chi connectivity index (χ0v) is 13.4. The van der Waals surface area contributed by atoms with Gasteiger partial charge in [-0.25, -0.2) is 18.2 Å². The van der Waals surface area contributed by atoms with E-state index in [0.29, 0.717) is 11.3 Å². The summed E-state index contributed by atoms with van der Waals surface area (Å²) in [4.78, 5) is 16.3. The van der Waals surface area contributed by atoms with E-state index in [0.717, 1.165) is 23.5 Å². The summed E-state index contributed by atoms with van der Waals surface area (Å²) in [6, 6.07) is 7.17. The molecule has 24 heavy (non-hydrogen) atoms. The molecule has 1 N–H and O–H groups in total. The van der Waals surface area contributed by atoms with Gasteiger partial charge in [-0.1, -0.05) is 11.6 Å². The van der Waals surface area contributed by atoms with Crippen LogP contribution in [0.1, 0.15) is 10.4 Å². The fourth-order valence-corrected chi connectivity index (χ4v) is 2.90. The van der Waals surface area contributed by atoms with E-state index in [-0.39, 0.29) is 21.5 Å². The molecule has 0 spiro atoms. The molecule has 0 bridgehead atoms. The van der Waals surface area contributed by atoms with Crippen molar-refractivity contribution in [2.75, 3.05) is 5.32 Å². The Balaban J connectivity index is 1.81. The maximum absolute atomic E-state index is 13.3. The van der Waals surface area contributed by atoms with Gasteiger partial charge in [0.15, 0.2) is 16.8 Å². The van der Waals surface area contributed by atoms with E-state index in [1.807, 2.05) is 0 Å². The second kappa shape index (κ2) is 6.62. The first-order valence-corrected chi connectivity index (χ1v) is 7.87. The molecule has 0 aliphatic heterocycles. The third-order valence-corrected chi connectivity index (χ3v) is 4.19. The first-order valence-electron chi connectivity index (χ1n) is 6.61. The van der Waals surface area contributed by atoms with Crippen LogP contribution in [0.4, 0.5) is 18.3 Å². The topological polar surface area (TPSA) is 42.0 Å². The summed E-state index contributed by atoms with van der Waals surface area (Å²) in [5.74, 6) is -3.38. The second-order valence-electron chi connectivity index (χ2n) is 4.75. The lowest BCUT2D eigenvalue weighted by molar-refractivity contribution is 0.102. The molecule has 0 unspecified atom stereocenters. The maximum atomic E-state index is 13.3. The minimum Gasteiger partial charge on any atom is -0.298 e. The zero-order valence-electron chi connectivity index (χ0n) is 11.8. The summed E-state index contributed by atoms with van der Waals surface area (Å²) >= 11 is 6.90. The predicted molar refractivity (Wildman–Crippen MR) is 86.8 cm³/mol. The molecule has 2 aromatic carbocycles. The van der Waals surface area contributed by atoms with Crippen molar-refractivity contribution in [2.24, 2.45) is 0 Å². The highest BCUT2D eigenvalue weighted by Gasteiger charge is 2.16. The van der Waals surface area contributed by atoms with Crippen LogP contribution >= 0.6 is 22.9 Å². The maximum Gasteiger partial charge on any atom is 0.259 e. The van der Waals surface area contributed by atoms with Gasteiger partial charge in [-0.15, -0.1) is 11.3 Å². The monoisotopic (exact) mass is 368 g/mol. The third kappa shape index (κ3) is 3.42. The van der Waals surface area contributed by atoms with Crippen molar-refractivity contribution in [2.45, 2.75) is 0 Å². The number of carbonyl (C=O) groups excluding carboxylic acids is 1. The number of anilines is 1. The Morgan fingerprint density at radius 3 is 2.46 bits per heavy atom. The molecule has 0 aliphatic rings. The van der Waals surface area contributed by atoms with Gasteiger partial charge in [-0.2, -0.15) is 0 Å². The van der Waals surface area contributed by atoms with Gasteiger partial charge in [0.1, 0.15) is 5.82 Å². The molecule has 0 radical (unpaired) electrons.